The first-order chi connectivity index (χ1) is 8.53. The first-order valence-corrected chi connectivity index (χ1v) is 8.26. The number of nitrogens with one attached hydrogen (secondary N) is 1. The van der Waals surface area contributed by atoms with Crippen LogP contribution in [0.1, 0.15) is 5.82 Å². The average molecular weight is 332 g/mol. The van der Waals surface area contributed by atoms with Crippen molar-refractivity contribution in [3.8, 4) is 0 Å². The van der Waals surface area contributed by atoms with E-state index >= 15 is 0 Å². The summed E-state index contributed by atoms with van der Waals surface area (Å²) >= 11 is 2.93. The molecule has 0 atom stereocenters. The molecule has 18 heavy (non-hydrogen) atoms. The Morgan fingerprint density at radius 3 is 2.83 bits per heavy atom. The van der Waals surface area contributed by atoms with Gasteiger partial charge in [0, 0.05) is 13.1 Å². The monoisotopic (exact) mass is 331 g/mol. The van der Waals surface area contributed by atoms with Crippen molar-refractivity contribution in [3.05, 3.63) is 30.1 Å². The first kappa shape index (κ1) is 13.5. The predicted octanol–water partition coefficient (Wildman–Crippen LogP) is 1.62. The molecule has 0 bridgehead atoms. The van der Waals surface area contributed by atoms with E-state index in [-0.39, 0.29) is 4.66 Å². The van der Waals surface area contributed by atoms with Crippen molar-refractivity contribution in [3.63, 3.8) is 0 Å². The summed E-state index contributed by atoms with van der Waals surface area (Å²) in [4.78, 5) is 4.42. The van der Waals surface area contributed by atoms with Crippen LogP contribution in [0.4, 0.5) is 0 Å². The minimum Gasteiger partial charge on any atom is -0.327 e. The molecule has 1 aromatic heterocycles. The fourth-order valence-corrected chi connectivity index (χ4v) is 2.79. The molecule has 5 nitrogen and oxygen atoms in total. The molecule has 0 spiro atoms. The highest BCUT2D eigenvalue weighted by molar-refractivity contribution is 9.10. The molecule has 0 radical (unpaired) electrons. The van der Waals surface area contributed by atoms with Gasteiger partial charge in [0.25, 0.3) is 0 Å². The van der Waals surface area contributed by atoms with Crippen LogP contribution in [0.5, 0.6) is 0 Å². The summed E-state index contributed by atoms with van der Waals surface area (Å²) in [6.07, 6.45) is 0. The van der Waals surface area contributed by atoms with Crippen LogP contribution in [0.15, 0.2) is 24.3 Å². The lowest BCUT2D eigenvalue weighted by atomic mass is 10.3. The molecule has 0 aliphatic rings. The van der Waals surface area contributed by atoms with Crippen LogP contribution in [-0.4, -0.2) is 29.2 Å². The first-order valence-electron chi connectivity index (χ1n) is 5.48. The zero-order chi connectivity index (χ0) is 13.2. The lowest BCUT2D eigenvalue weighted by molar-refractivity contribution is 0.578. The van der Waals surface area contributed by atoms with E-state index in [1.807, 2.05) is 35.8 Å². The van der Waals surface area contributed by atoms with Gasteiger partial charge < -0.3 is 4.57 Å². The summed E-state index contributed by atoms with van der Waals surface area (Å²) in [5.41, 5.74) is 1.95. The molecule has 0 aliphatic carbocycles. The van der Waals surface area contributed by atoms with Gasteiger partial charge in [-0.2, -0.15) is 0 Å². The normalized spacial score (nSPS) is 12.1. The van der Waals surface area contributed by atoms with E-state index in [1.165, 1.54) is 0 Å². The van der Waals surface area contributed by atoms with Gasteiger partial charge in [-0.25, -0.2) is 18.1 Å². The third kappa shape index (κ3) is 2.90. The average Bonchev–Trinajstić information content (AvgIpc) is 2.66. The van der Waals surface area contributed by atoms with E-state index < -0.39 is 10.0 Å². The van der Waals surface area contributed by atoms with Gasteiger partial charge in [-0.15, -0.1) is 0 Å². The fourth-order valence-electron chi connectivity index (χ4n) is 1.83. The standard InChI is InChI=1S/C11H14BrN3O2S/c1-9-14-10-4-2-3-5-11(10)15(9)7-6-13-18(16,17)8-12/h2-5,13H,6-8H2,1H3. The van der Waals surface area contributed by atoms with E-state index in [9.17, 15) is 8.42 Å². The highest BCUT2D eigenvalue weighted by Gasteiger charge is 2.09. The Kier molecular flexibility index (Phi) is 4.04. The molecule has 0 fully saturated rings. The lowest BCUT2D eigenvalue weighted by Gasteiger charge is -2.07. The SMILES string of the molecule is Cc1nc2ccccc2n1CCNS(=O)(=O)CBr. The number of alkyl halides is 1. The Balaban J connectivity index is 2.15. The van der Waals surface area contributed by atoms with Crippen LogP contribution in [-0.2, 0) is 16.6 Å². The fraction of sp³-hybridized carbons (Fsp3) is 0.364. The Bertz CT molecular complexity index is 651. The molecule has 7 heteroatoms. The van der Waals surface area contributed by atoms with Gasteiger partial charge in [0.15, 0.2) is 0 Å². The second kappa shape index (κ2) is 5.38. The number of fused-ring (bicyclic) bond motifs is 1. The van der Waals surface area contributed by atoms with Crippen LogP contribution < -0.4 is 4.72 Å². The molecule has 2 rings (SSSR count). The van der Waals surface area contributed by atoms with Gasteiger partial charge in [-0.3, -0.25) is 0 Å². The third-order valence-electron chi connectivity index (χ3n) is 2.65. The maximum atomic E-state index is 11.3. The number of aromatic nitrogens is 2. The van der Waals surface area contributed by atoms with Crippen LogP contribution >= 0.6 is 15.9 Å². The molecule has 1 aromatic carbocycles. The predicted molar refractivity (Wildman–Crippen MR) is 75.2 cm³/mol. The Morgan fingerprint density at radius 2 is 2.11 bits per heavy atom. The van der Waals surface area contributed by atoms with Crippen LogP contribution in [0, 0.1) is 6.92 Å². The van der Waals surface area contributed by atoms with Gasteiger partial charge in [-0.1, -0.05) is 28.1 Å². The van der Waals surface area contributed by atoms with Crippen LogP contribution in [0.25, 0.3) is 11.0 Å². The number of imidazole rings is 1. The zero-order valence-electron chi connectivity index (χ0n) is 9.93. The number of aryl methyl sites for hydroxylation is 1. The maximum Gasteiger partial charge on any atom is 0.221 e. The lowest BCUT2D eigenvalue weighted by Crippen LogP contribution is -2.28. The van der Waals surface area contributed by atoms with Gasteiger partial charge >= 0.3 is 0 Å². The Hall–Kier alpha value is -0.920. The van der Waals surface area contributed by atoms with Crippen molar-refractivity contribution in [1.29, 1.82) is 0 Å². The minimum atomic E-state index is -3.21. The zero-order valence-corrected chi connectivity index (χ0v) is 12.3. The summed E-state index contributed by atoms with van der Waals surface area (Å²) in [6.45, 7) is 2.84. The van der Waals surface area contributed by atoms with Gasteiger partial charge in [0.1, 0.15) is 10.5 Å². The van der Waals surface area contributed by atoms with E-state index in [4.69, 9.17) is 0 Å². The summed E-state index contributed by atoms with van der Waals surface area (Å²) in [5.74, 6) is 0.884. The van der Waals surface area contributed by atoms with Gasteiger partial charge in [0.2, 0.25) is 10.0 Å². The van der Waals surface area contributed by atoms with Crippen molar-refractivity contribution in [2.45, 2.75) is 13.5 Å². The Morgan fingerprint density at radius 1 is 1.39 bits per heavy atom. The number of halogens is 1. The summed E-state index contributed by atoms with van der Waals surface area (Å²) < 4.78 is 27.0. The number of rotatable bonds is 5. The Labute approximate surface area is 114 Å². The highest BCUT2D eigenvalue weighted by Crippen LogP contribution is 2.14. The van der Waals surface area contributed by atoms with E-state index in [0.717, 1.165) is 16.9 Å². The van der Waals surface area contributed by atoms with Crippen LogP contribution in [0.3, 0.4) is 0 Å². The quantitative estimate of drug-likeness (QED) is 0.846. The largest absolute Gasteiger partial charge is 0.327 e. The van der Waals surface area contributed by atoms with Crippen molar-refractivity contribution >= 4 is 37.0 Å². The molecule has 0 aliphatic heterocycles. The van der Waals surface area contributed by atoms with Crippen molar-refractivity contribution < 1.29 is 8.42 Å². The third-order valence-corrected chi connectivity index (χ3v) is 5.39. The summed E-state index contributed by atoms with van der Waals surface area (Å²) in [7, 11) is -3.21. The van der Waals surface area contributed by atoms with Crippen molar-refractivity contribution in [2.24, 2.45) is 0 Å². The molecule has 1 heterocycles. The van der Waals surface area contributed by atoms with E-state index in [2.05, 4.69) is 25.6 Å². The molecule has 0 saturated carbocycles. The molecule has 0 saturated heterocycles. The smallest absolute Gasteiger partial charge is 0.221 e. The second-order valence-electron chi connectivity index (χ2n) is 3.92. The number of para-hydroxylation sites is 2. The molecule has 2 aromatic rings. The number of benzene rings is 1. The number of sulfonamides is 1. The summed E-state index contributed by atoms with van der Waals surface area (Å²) in [5, 5.41) is 0. The van der Waals surface area contributed by atoms with E-state index in [0.29, 0.717) is 13.1 Å². The van der Waals surface area contributed by atoms with Gasteiger partial charge in [-0.05, 0) is 19.1 Å². The molecule has 1 N–H and O–H groups in total. The second-order valence-corrected chi connectivity index (χ2v) is 7.03. The van der Waals surface area contributed by atoms with Crippen molar-refractivity contribution in [2.75, 3.05) is 11.2 Å². The molecule has 98 valence electrons. The molecular weight excluding hydrogens is 318 g/mol. The van der Waals surface area contributed by atoms with Gasteiger partial charge in [0.05, 0.1) is 11.0 Å². The topological polar surface area (TPSA) is 64.0 Å². The highest BCUT2D eigenvalue weighted by atomic mass is 79.9. The van der Waals surface area contributed by atoms with E-state index in [1.54, 1.807) is 0 Å². The number of nitrogens with zero attached hydrogens (tertiary/aromatic N) is 2. The maximum absolute atomic E-state index is 11.3. The number of hydrogen-bond donors (Lipinski definition) is 1. The molecule has 0 amide bonds. The van der Waals surface area contributed by atoms with Crippen molar-refractivity contribution in [1.82, 2.24) is 14.3 Å². The molecular formula is C11H14BrN3O2S. The minimum absolute atomic E-state index is 0.0797. The van der Waals surface area contributed by atoms with Crippen LogP contribution in [0.2, 0.25) is 0 Å². The number of hydrogen-bond acceptors (Lipinski definition) is 3. The summed E-state index contributed by atoms with van der Waals surface area (Å²) in [6, 6.07) is 7.81. The molecule has 0 unspecified atom stereocenters.